The maximum absolute atomic E-state index is 6.36. The summed E-state index contributed by atoms with van der Waals surface area (Å²) in [6.07, 6.45) is 0. The van der Waals surface area contributed by atoms with E-state index in [-0.39, 0.29) is 0 Å². The van der Waals surface area contributed by atoms with Crippen LogP contribution in [0.3, 0.4) is 0 Å². The molecule has 27 heavy (non-hydrogen) atoms. The van der Waals surface area contributed by atoms with Gasteiger partial charge >= 0.3 is 0 Å². The lowest BCUT2D eigenvalue weighted by atomic mass is 9.99. The Kier molecular flexibility index (Phi) is 5.23. The summed E-state index contributed by atoms with van der Waals surface area (Å²) in [6.45, 7) is 2.02. The lowest BCUT2D eigenvalue weighted by molar-refractivity contribution is 0.324. The van der Waals surface area contributed by atoms with Crippen LogP contribution in [0, 0.1) is 6.92 Å². The predicted octanol–water partition coefficient (Wildman–Crippen LogP) is 3.96. The smallest absolute Gasteiger partial charge is 0.203 e. The minimum Gasteiger partial charge on any atom is -0.493 e. The summed E-state index contributed by atoms with van der Waals surface area (Å²) in [4.78, 5) is 0.836. The molecule has 7 heteroatoms. The van der Waals surface area contributed by atoms with Gasteiger partial charge in [-0.25, -0.2) is 0 Å². The summed E-state index contributed by atoms with van der Waals surface area (Å²) in [5.41, 5.74) is 10.7. The molecule has 0 saturated heterocycles. The van der Waals surface area contributed by atoms with Crippen molar-refractivity contribution in [2.45, 2.75) is 11.8 Å². The number of ether oxygens (including phenoxy) is 3. The van der Waals surface area contributed by atoms with E-state index in [4.69, 9.17) is 19.9 Å². The van der Waals surface area contributed by atoms with Gasteiger partial charge in [-0.1, -0.05) is 12.1 Å². The molecule has 0 atom stereocenters. The second-order valence-electron chi connectivity index (χ2n) is 6.17. The molecule has 2 N–H and O–H groups in total. The van der Waals surface area contributed by atoms with Crippen LogP contribution < -0.4 is 19.9 Å². The van der Waals surface area contributed by atoms with Crippen LogP contribution in [0.15, 0.2) is 35.2 Å². The molecule has 0 spiro atoms. The normalized spacial score (nSPS) is 10.7. The van der Waals surface area contributed by atoms with Crippen LogP contribution in [0.5, 0.6) is 17.2 Å². The highest BCUT2D eigenvalue weighted by molar-refractivity contribution is 7.80. The van der Waals surface area contributed by atoms with Gasteiger partial charge in [-0.2, -0.15) is 5.10 Å². The zero-order chi connectivity index (χ0) is 19.7. The number of hydrogen-bond acceptors (Lipinski definition) is 6. The number of hydrogen-bond donors (Lipinski definition) is 2. The molecule has 0 radical (unpaired) electrons. The molecule has 0 unspecified atom stereocenters. The first-order chi connectivity index (χ1) is 12.9. The van der Waals surface area contributed by atoms with Gasteiger partial charge in [-0.3, -0.25) is 4.68 Å². The Bertz CT molecular complexity index is 973. The van der Waals surface area contributed by atoms with Crippen molar-refractivity contribution in [3.05, 3.63) is 35.9 Å². The Morgan fingerprint density at radius 2 is 1.63 bits per heavy atom. The molecule has 6 nitrogen and oxygen atoms in total. The third-order valence-corrected chi connectivity index (χ3v) is 4.82. The SMILES string of the molecule is COc1cc(-c2nn(C)c(N)c2-c2ccc(C)cc2S)cc(OC)c1OC. The second kappa shape index (κ2) is 7.44. The van der Waals surface area contributed by atoms with Crippen molar-refractivity contribution < 1.29 is 14.2 Å². The van der Waals surface area contributed by atoms with Crippen molar-refractivity contribution in [2.24, 2.45) is 7.05 Å². The topological polar surface area (TPSA) is 71.5 Å². The van der Waals surface area contributed by atoms with Crippen molar-refractivity contribution >= 4 is 18.4 Å². The molecule has 142 valence electrons. The van der Waals surface area contributed by atoms with E-state index in [0.29, 0.717) is 28.8 Å². The van der Waals surface area contributed by atoms with Crippen molar-refractivity contribution in [3.63, 3.8) is 0 Å². The molecule has 2 aromatic carbocycles. The first-order valence-electron chi connectivity index (χ1n) is 8.34. The van der Waals surface area contributed by atoms with Gasteiger partial charge in [0.25, 0.3) is 0 Å². The van der Waals surface area contributed by atoms with E-state index in [9.17, 15) is 0 Å². The quantitative estimate of drug-likeness (QED) is 0.651. The molecule has 1 aromatic heterocycles. The van der Waals surface area contributed by atoms with E-state index >= 15 is 0 Å². The number of nitrogens with zero attached hydrogens (tertiary/aromatic N) is 2. The standard InChI is InChI=1S/C20H23N3O3S/c1-11-6-7-13(16(27)8-11)17-18(22-23(2)20(17)21)12-9-14(24-3)19(26-5)15(10-12)25-4/h6-10,27H,21H2,1-5H3. The molecule has 3 aromatic rings. The van der Waals surface area contributed by atoms with E-state index in [1.165, 1.54) is 0 Å². The van der Waals surface area contributed by atoms with Crippen molar-refractivity contribution in [2.75, 3.05) is 27.1 Å². The fourth-order valence-corrected chi connectivity index (χ4v) is 3.47. The number of methoxy groups -OCH3 is 3. The van der Waals surface area contributed by atoms with Gasteiger partial charge in [-0.15, -0.1) is 12.6 Å². The zero-order valence-electron chi connectivity index (χ0n) is 16.0. The summed E-state index contributed by atoms with van der Waals surface area (Å²) in [7, 11) is 6.55. The molecule has 0 amide bonds. The molecule has 0 aliphatic heterocycles. The Balaban J connectivity index is 2.29. The summed E-state index contributed by atoms with van der Waals surface area (Å²) >= 11 is 4.64. The third kappa shape index (κ3) is 3.30. The van der Waals surface area contributed by atoms with E-state index in [1.54, 1.807) is 26.0 Å². The lowest BCUT2D eigenvalue weighted by Gasteiger charge is -2.14. The van der Waals surface area contributed by atoms with Crippen LogP contribution in [0.2, 0.25) is 0 Å². The zero-order valence-corrected chi connectivity index (χ0v) is 16.9. The van der Waals surface area contributed by atoms with E-state index in [2.05, 4.69) is 17.7 Å². The van der Waals surface area contributed by atoms with Crippen LogP contribution in [-0.4, -0.2) is 31.1 Å². The fourth-order valence-electron chi connectivity index (χ4n) is 3.08. The summed E-state index contributed by atoms with van der Waals surface area (Å²) in [5.74, 6) is 2.19. The van der Waals surface area contributed by atoms with E-state index in [0.717, 1.165) is 27.1 Å². The number of aromatic nitrogens is 2. The lowest BCUT2D eigenvalue weighted by Crippen LogP contribution is -1.98. The van der Waals surface area contributed by atoms with Crippen LogP contribution in [-0.2, 0) is 7.05 Å². The maximum atomic E-state index is 6.36. The number of anilines is 1. The summed E-state index contributed by atoms with van der Waals surface area (Å²) in [5, 5.41) is 4.63. The molecular formula is C20H23N3O3S. The van der Waals surface area contributed by atoms with Gasteiger partial charge in [-0.05, 0) is 30.7 Å². The highest BCUT2D eigenvalue weighted by Crippen LogP contribution is 2.45. The van der Waals surface area contributed by atoms with Gasteiger partial charge in [0.1, 0.15) is 11.5 Å². The fraction of sp³-hybridized carbons (Fsp3) is 0.250. The average molecular weight is 385 g/mol. The first kappa shape index (κ1) is 19.0. The first-order valence-corrected chi connectivity index (χ1v) is 8.78. The largest absolute Gasteiger partial charge is 0.493 e. The Hall–Kier alpha value is -2.80. The number of nitrogens with two attached hydrogens (primary N) is 1. The molecule has 0 aliphatic rings. The average Bonchev–Trinajstić information content (AvgIpc) is 2.95. The number of aryl methyl sites for hydroxylation is 2. The molecule has 1 heterocycles. The van der Waals surface area contributed by atoms with Gasteiger partial charge in [0.2, 0.25) is 5.75 Å². The summed E-state index contributed by atoms with van der Waals surface area (Å²) < 4.78 is 18.0. The molecule has 0 aliphatic carbocycles. The number of rotatable bonds is 5. The molecule has 3 rings (SSSR count). The van der Waals surface area contributed by atoms with Gasteiger partial charge < -0.3 is 19.9 Å². The monoisotopic (exact) mass is 385 g/mol. The molecule has 0 bridgehead atoms. The van der Waals surface area contributed by atoms with Crippen LogP contribution in [0.4, 0.5) is 5.82 Å². The van der Waals surface area contributed by atoms with Gasteiger partial charge in [0, 0.05) is 23.1 Å². The second-order valence-corrected chi connectivity index (χ2v) is 6.65. The minimum absolute atomic E-state index is 0.527. The maximum Gasteiger partial charge on any atom is 0.203 e. The molecule has 0 saturated carbocycles. The third-order valence-electron chi connectivity index (χ3n) is 4.45. The Labute approximate surface area is 164 Å². The van der Waals surface area contributed by atoms with Crippen molar-refractivity contribution in [3.8, 4) is 39.6 Å². The minimum atomic E-state index is 0.527. The Morgan fingerprint density at radius 1 is 1.00 bits per heavy atom. The van der Waals surface area contributed by atoms with Crippen LogP contribution in [0.1, 0.15) is 5.56 Å². The van der Waals surface area contributed by atoms with Gasteiger partial charge in [0.05, 0.1) is 26.9 Å². The van der Waals surface area contributed by atoms with Crippen molar-refractivity contribution in [1.82, 2.24) is 9.78 Å². The molecular weight excluding hydrogens is 362 g/mol. The van der Waals surface area contributed by atoms with E-state index in [1.807, 2.05) is 44.3 Å². The van der Waals surface area contributed by atoms with E-state index < -0.39 is 0 Å². The van der Waals surface area contributed by atoms with Crippen molar-refractivity contribution in [1.29, 1.82) is 0 Å². The highest BCUT2D eigenvalue weighted by Gasteiger charge is 2.22. The summed E-state index contributed by atoms with van der Waals surface area (Å²) in [6, 6.07) is 9.76. The molecule has 0 fully saturated rings. The Morgan fingerprint density at radius 3 is 2.15 bits per heavy atom. The van der Waals surface area contributed by atoms with Crippen LogP contribution in [0.25, 0.3) is 22.4 Å². The number of thiol groups is 1. The predicted molar refractivity (Wildman–Crippen MR) is 110 cm³/mol. The number of nitrogen functional groups attached to an aromatic ring is 1. The van der Waals surface area contributed by atoms with Gasteiger partial charge in [0.15, 0.2) is 11.5 Å². The van der Waals surface area contributed by atoms with Crippen LogP contribution >= 0.6 is 12.6 Å². The highest BCUT2D eigenvalue weighted by atomic mass is 32.1. The number of benzene rings is 2.